The van der Waals surface area contributed by atoms with Crippen LogP contribution in [0.1, 0.15) is 65.0 Å². The second kappa shape index (κ2) is 9.82. The van der Waals surface area contributed by atoms with Crippen LogP contribution in [0.5, 0.6) is 5.75 Å². The average Bonchev–Trinajstić information content (AvgIpc) is 2.44. The molecule has 0 aromatic heterocycles. The molecule has 0 saturated heterocycles. The smallest absolute Gasteiger partial charge is 0.122 e. The van der Waals surface area contributed by atoms with Gasteiger partial charge in [-0.25, -0.2) is 0 Å². The van der Waals surface area contributed by atoms with E-state index in [1.54, 1.807) is 7.11 Å². The van der Waals surface area contributed by atoms with Gasteiger partial charge in [0.25, 0.3) is 0 Å². The largest absolute Gasteiger partial charge is 0.496 e. The zero-order chi connectivity index (χ0) is 15.6. The number of hydrogen-bond acceptors (Lipinski definition) is 2. The summed E-state index contributed by atoms with van der Waals surface area (Å²) in [5, 5.41) is 9.67. The van der Waals surface area contributed by atoms with Crippen molar-refractivity contribution in [1.29, 1.82) is 0 Å². The van der Waals surface area contributed by atoms with Crippen LogP contribution in [0.2, 0.25) is 0 Å². The second-order valence-electron chi connectivity index (χ2n) is 5.52. The van der Waals surface area contributed by atoms with Crippen molar-refractivity contribution in [2.24, 2.45) is 0 Å². The van der Waals surface area contributed by atoms with Gasteiger partial charge < -0.3 is 9.84 Å². The van der Waals surface area contributed by atoms with E-state index in [0.717, 1.165) is 37.9 Å². The number of hydrogen-bond donors (Lipinski definition) is 1. The molecular formula is C18H32O2. The molecule has 116 valence electrons. The molecule has 0 saturated carbocycles. The van der Waals surface area contributed by atoms with Crippen molar-refractivity contribution >= 4 is 0 Å². The van der Waals surface area contributed by atoms with Crippen molar-refractivity contribution in [2.45, 2.75) is 72.3 Å². The van der Waals surface area contributed by atoms with Crippen LogP contribution in [0.25, 0.3) is 0 Å². The van der Waals surface area contributed by atoms with Crippen LogP contribution in [-0.4, -0.2) is 17.8 Å². The molecule has 2 heteroatoms. The molecule has 0 bridgehead atoms. The minimum absolute atomic E-state index is 0.546. The first-order valence-corrected chi connectivity index (χ1v) is 7.84. The third kappa shape index (κ3) is 7.54. The molecule has 0 atom stereocenters. The van der Waals surface area contributed by atoms with Crippen molar-refractivity contribution in [3.63, 3.8) is 0 Å². The minimum Gasteiger partial charge on any atom is -0.496 e. The van der Waals surface area contributed by atoms with E-state index < -0.39 is 5.60 Å². The van der Waals surface area contributed by atoms with Gasteiger partial charge in [0.1, 0.15) is 5.75 Å². The third-order valence-electron chi connectivity index (χ3n) is 3.24. The molecule has 0 aliphatic carbocycles. The van der Waals surface area contributed by atoms with Gasteiger partial charge in [-0.1, -0.05) is 39.3 Å². The fourth-order valence-electron chi connectivity index (χ4n) is 2.12. The zero-order valence-corrected chi connectivity index (χ0v) is 14.1. The fraction of sp³-hybridized carbons (Fsp3) is 0.667. The van der Waals surface area contributed by atoms with Gasteiger partial charge in [-0.3, -0.25) is 0 Å². The lowest BCUT2D eigenvalue weighted by molar-refractivity contribution is 0.0682. The Labute approximate surface area is 125 Å². The standard InChI is InChI=1S/C16H26O2.C2H6/c1-5-13-9-10-15(18-4)14(12-13)8-6-7-11-16(2,3)17;1-2/h9-10,12,17H,5-8,11H2,1-4H3;1-2H3. The maximum absolute atomic E-state index is 9.67. The van der Waals surface area contributed by atoms with Gasteiger partial charge in [0.05, 0.1) is 12.7 Å². The molecule has 1 rings (SSSR count). The Hall–Kier alpha value is -1.02. The number of aliphatic hydroxyl groups is 1. The Morgan fingerprint density at radius 2 is 1.80 bits per heavy atom. The zero-order valence-electron chi connectivity index (χ0n) is 14.1. The van der Waals surface area contributed by atoms with Gasteiger partial charge in [0.2, 0.25) is 0 Å². The molecular weight excluding hydrogens is 248 g/mol. The molecule has 0 heterocycles. The molecule has 0 aliphatic heterocycles. The van der Waals surface area contributed by atoms with E-state index in [0.29, 0.717) is 0 Å². The number of aryl methyl sites for hydroxylation is 2. The maximum Gasteiger partial charge on any atom is 0.122 e. The maximum atomic E-state index is 9.67. The average molecular weight is 280 g/mol. The summed E-state index contributed by atoms with van der Waals surface area (Å²) in [7, 11) is 1.72. The SMILES string of the molecule is CC.CCc1ccc(OC)c(CCCCC(C)(C)O)c1. The molecule has 0 radical (unpaired) electrons. The van der Waals surface area contributed by atoms with E-state index in [-0.39, 0.29) is 0 Å². The highest BCUT2D eigenvalue weighted by Crippen LogP contribution is 2.23. The lowest BCUT2D eigenvalue weighted by Gasteiger charge is -2.16. The van der Waals surface area contributed by atoms with Crippen LogP contribution in [0.15, 0.2) is 18.2 Å². The first-order chi connectivity index (χ1) is 9.46. The number of benzene rings is 1. The van der Waals surface area contributed by atoms with Crippen molar-refractivity contribution in [3.8, 4) is 5.75 Å². The molecule has 20 heavy (non-hydrogen) atoms. The highest BCUT2D eigenvalue weighted by Gasteiger charge is 2.11. The molecule has 0 spiro atoms. The van der Waals surface area contributed by atoms with Gasteiger partial charge in [0, 0.05) is 0 Å². The third-order valence-corrected chi connectivity index (χ3v) is 3.24. The van der Waals surface area contributed by atoms with Crippen LogP contribution in [0.4, 0.5) is 0 Å². The molecule has 1 N–H and O–H groups in total. The summed E-state index contributed by atoms with van der Waals surface area (Å²) in [6, 6.07) is 6.42. The topological polar surface area (TPSA) is 29.5 Å². The van der Waals surface area contributed by atoms with Gasteiger partial charge in [-0.2, -0.15) is 0 Å². The van der Waals surface area contributed by atoms with Crippen LogP contribution in [-0.2, 0) is 12.8 Å². The van der Waals surface area contributed by atoms with Gasteiger partial charge in [0.15, 0.2) is 0 Å². The molecule has 0 unspecified atom stereocenters. The lowest BCUT2D eigenvalue weighted by Crippen LogP contribution is -2.17. The Kier molecular flexibility index (Phi) is 9.32. The van der Waals surface area contributed by atoms with E-state index in [1.165, 1.54) is 11.1 Å². The summed E-state index contributed by atoms with van der Waals surface area (Å²) >= 11 is 0. The van der Waals surface area contributed by atoms with Crippen LogP contribution < -0.4 is 4.74 Å². The number of methoxy groups -OCH3 is 1. The van der Waals surface area contributed by atoms with Crippen LogP contribution in [0.3, 0.4) is 0 Å². The highest BCUT2D eigenvalue weighted by molar-refractivity contribution is 5.37. The van der Waals surface area contributed by atoms with Crippen LogP contribution >= 0.6 is 0 Å². The van der Waals surface area contributed by atoms with Gasteiger partial charge in [-0.15, -0.1) is 0 Å². The minimum atomic E-state index is -0.546. The van der Waals surface area contributed by atoms with Crippen molar-refractivity contribution in [3.05, 3.63) is 29.3 Å². The molecule has 0 aliphatic rings. The summed E-state index contributed by atoms with van der Waals surface area (Å²) in [6.45, 7) is 9.90. The van der Waals surface area contributed by atoms with Crippen molar-refractivity contribution in [2.75, 3.05) is 7.11 Å². The molecule has 0 fully saturated rings. The predicted octanol–water partition coefficient (Wildman–Crippen LogP) is 4.77. The first kappa shape index (κ1) is 19.0. The fourth-order valence-corrected chi connectivity index (χ4v) is 2.12. The monoisotopic (exact) mass is 280 g/mol. The number of rotatable bonds is 7. The Morgan fingerprint density at radius 3 is 2.30 bits per heavy atom. The molecule has 1 aromatic rings. The summed E-state index contributed by atoms with van der Waals surface area (Å²) < 4.78 is 5.39. The Morgan fingerprint density at radius 1 is 1.15 bits per heavy atom. The number of ether oxygens (including phenoxy) is 1. The summed E-state index contributed by atoms with van der Waals surface area (Å²) in [5.74, 6) is 0.982. The quantitative estimate of drug-likeness (QED) is 0.729. The van der Waals surface area contributed by atoms with E-state index in [4.69, 9.17) is 4.74 Å². The second-order valence-corrected chi connectivity index (χ2v) is 5.52. The summed E-state index contributed by atoms with van der Waals surface area (Å²) in [5.41, 5.74) is 2.09. The highest BCUT2D eigenvalue weighted by atomic mass is 16.5. The Balaban J connectivity index is 0.00000172. The van der Waals surface area contributed by atoms with E-state index in [1.807, 2.05) is 27.7 Å². The number of unbranched alkanes of at least 4 members (excludes halogenated alkanes) is 1. The summed E-state index contributed by atoms with van der Waals surface area (Å²) in [4.78, 5) is 0. The van der Waals surface area contributed by atoms with E-state index >= 15 is 0 Å². The van der Waals surface area contributed by atoms with Crippen molar-refractivity contribution < 1.29 is 9.84 Å². The molecule has 2 nitrogen and oxygen atoms in total. The van der Waals surface area contributed by atoms with E-state index in [2.05, 4.69) is 25.1 Å². The predicted molar refractivity (Wildman–Crippen MR) is 87.6 cm³/mol. The van der Waals surface area contributed by atoms with Crippen LogP contribution in [0, 0.1) is 0 Å². The van der Waals surface area contributed by atoms with Gasteiger partial charge in [-0.05, 0) is 56.7 Å². The first-order valence-electron chi connectivity index (χ1n) is 7.84. The molecule has 0 amide bonds. The summed E-state index contributed by atoms with van der Waals surface area (Å²) in [6.07, 6.45) is 5.06. The van der Waals surface area contributed by atoms with E-state index in [9.17, 15) is 5.11 Å². The lowest BCUT2D eigenvalue weighted by atomic mass is 9.98. The van der Waals surface area contributed by atoms with Crippen molar-refractivity contribution in [1.82, 2.24) is 0 Å². The van der Waals surface area contributed by atoms with Gasteiger partial charge >= 0.3 is 0 Å². The normalized spacial score (nSPS) is 10.8. The molecule has 1 aromatic carbocycles. The Bertz CT molecular complexity index is 364.